The van der Waals surface area contributed by atoms with Gasteiger partial charge in [-0.15, -0.1) is 0 Å². The second-order valence-corrected chi connectivity index (χ2v) is 6.52. The van der Waals surface area contributed by atoms with Crippen LogP contribution in [0.25, 0.3) is 16.8 Å². The molecule has 0 atom stereocenters. The first-order chi connectivity index (χ1) is 12.2. The zero-order chi connectivity index (χ0) is 17.2. The van der Waals surface area contributed by atoms with Gasteiger partial charge in [0.25, 0.3) is 0 Å². The summed E-state index contributed by atoms with van der Waals surface area (Å²) in [6, 6.07) is 10.2. The largest absolute Gasteiger partial charge is 0.497 e. The first-order valence-electron chi connectivity index (χ1n) is 8.66. The van der Waals surface area contributed by atoms with Crippen LogP contribution in [0.5, 0.6) is 5.75 Å². The van der Waals surface area contributed by atoms with Gasteiger partial charge in [-0.2, -0.15) is 5.10 Å². The molecule has 1 aliphatic carbocycles. The minimum Gasteiger partial charge on any atom is -0.497 e. The smallest absolute Gasteiger partial charge is 0.165 e. The molecular weight excluding hydrogens is 316 g/mol. The molecule has 4 rings (SSSR count). The summed E-state index contributed by atoms with van der Waals surface area (Å²) in [4.78, 5) is 4.76. The van der Waals surface area contributed by atoms with Gasteiger partial charge in [-0.05, 0) is 49.4 Å². The minimum absolute atomic E-state index is 0.148. The first kappa shape index (κ1) is 15.9. The van der Waals surface area contributed by atoms with Gasteiger partial charge in [0.15, 0.2) is 5.65 Å². The number of hydrogen-bond donors (Lipinski definition) is 2. The Balaban J connectivity index is 1.60. The molecule has 2 aromatic heterocycles. The molecule has 6 heteroatoms. The maximum Gasteiger partial charge on any atom is 0.165 e. The van der Waals surface area contributed by atoms with E-state index >= 15 is 0 Å². The molecule has 0 saturated heterocycles. The van der Waals surface area contributed by atoms with Crippen LogP contribution >= 0.6 is 0 Å². The molecule has 0 amide bonds. The van der Waals surface area contributed by atoms with Crippen LogP contribution in [0.3, 0.4) is 0 Å². The fourth-order valence-corrected chi connectivity index (χ4v) is 3.35. The molecule has 6 nitrogen and oxygen atoms in total. The highest BCUT2D eigenvalue weighted by atomic mass is 16.5. The number of anilines is 1. The third kappa shape index (κ3) is 3.30. The predicted octanol–water partition coefficient (Wildman–Crippen LogP) is 3.12. The number of nitrogens with one attached hydrogen (secondary N) is 1. The van der Waals surface area contributed by atoms with Gasteiger partial charge in [0.05, 0.1) is 19.4 Å². The number of hydrogen-bond acceptors (Lipinski definition) is 5. The summed E-state index contributed by atoms with van der Waals surface area (Å²) in [5.74, 6) is 1.68. The fourth-order valence-electron chi connectivity index (χ4n) is 3.35. The molecule has 1 fully saturated rings. The van der Waals surface area contributed by atoms with Gasteiger partial charge in [-0.1, -0.05) is 12.1 Å². The summed E-state index contributed by atoms with van der Waals surface area (Å²) in [5, 5.41) is 17.5. The van der Waals surface area contributed by atoms with Crippen LogP contribution in [-0.2, 0) is 0 Å². The maximum absolute atomic E-state index is 9.64. The molecule has 2 N–H and O–H groups in total. The third-order valence-corrected chi connectivity index (χ3v) is 4.82. The van der Waals surface area contributed by atoms with Crippen LogP contribution in [0, 0.1) is 0 Å². The lowest BCUT2D eigenvalue weighted by Gasteiger charge is -2.26. The van der Waals surface area contributed by atoms with Crippen molar-refractivity contribution in [3.63, 3.8) is 0 Å². The predicted molar refractivity (Wildman–Crippen MR) is 96.9 cm³/mol. The van der Waals surface area contributed by atoms with Crippen molar-refractivity contribution in [1.82, 2.24) is 14.6 Å². The summed E-state index contributed by atoms with van der Waals surface area (Å²) in [6.45, 7) is 0. The van der Waals surface area contributed by atoms with E-state index in [1.807, 2.05) is 42.7 Å². The molecule has 0 spiro atoms. The zero-order valence-corrected chi connectivity index (χ0v) is 14.2. The van der Waals surface area contributed by atoms with E-state index in [1.54, 1.807) is 11.6 Å². The van der Waals surface area contributed by atoms with Crippen LogP contribution in [0.4, 0.5) is 5.82 Å². The van der Waals surface area contributed by atoms with E-state index in [4.69, 9.17) is 9.72 Å². The Kier molecular flexibility index (Phi) is 4.28. The number of aliphatic hydroxyl groups excluding tert-OH is 1. The summed E-state index contributed by atoms with van der Waals surface area (Å²) in [6.07, 6.45) is 7.26. The van der Waals surface area contributed by atoms with E-state index in [1.165, 1.54) is 0 Å². The van der Waals surface area contributed by atoms with Crippen LogP contribution in [0.15, 0.2) is 42.7 Å². The van der Waals surface area contributed by atoms with E-state index in [9.17, 15) is 5.11 Å². The molecule has 3 aromatic rings. The van der Waals surface area contributed by atoms with Crippen LogP contribution < -0.4 is 10.1 Å². The Hall–Kier alpha value is -2.60. The Morgan fingerprint density at radius 1 is 1.12 bits per heavy atom. The number of methoxy groups -OCH3 is 1. The normalized spacial score (nSPS) is 20.6. The second kappa shape index (κ2) is 6.72. The van der Waals surface area contributed by atoms with Crippen molar-refractivity contribution in [2.45, 2.75) is 37.8 Å². The number of ether oxygens (including phenoxy) is 1. The molecule has 0 bridgehead atoms. The minimum atomic E-state index is -0.148. The highest BCUT2D eigenvalue weighted by Crippen LogP contribution is 2.27. The number of aromatic nitrogens is 3. The average molecular weight is 338 g/mol. The van der Waals surface area contributed by atoms with E-state index < -0.39 is 0 Å². The SMILES string of the molecule is COc1ccc(-c2cnn3ccc(NC4CCC(O)CC4)nc23)cc1. The summed E-state index contributed by atoms with van der Waals surface area (Å²) in [5.41, 5.74) is 2.87. The second-order valence-electron chi connectivity index (χ2n) is 6.52. The third-order valence-electron chi connectivity index (χ3n) is 4.82. The monoisotopic (exact) mass is 338 g/mol. The van der Waals surface area contributed by atoms with Gasteiger partial charge in [0.1, 0.15) is 11.6 Å². The van der Waals surface area contributed by atoms with Crippen molar-refractivity contribution >= 4 is 11.5 Å². The molecular formula is C19H22N4O2. The summed E-state index contributed by atoms with van der Waals surface area (Å²) >= 11 is 0. The molecule has 1 aliphatic rings. The lowest BCUT2D eigenvalue weighted by molar-refractivity contribution is 0.126. The Morgan fingerprint density at radius 3 is 2.60 bits per heavy atom. The number of rotatable bonds is 4. The van der Waals surface area contributed by atoms with E-state index in [2.05, 4.69) is 10.4 Å². The lowest BCUT2D eigenvalue weighted by atomic mass is 9.93. The Labute approximate surface area is 146 Å². The zero-order valence-electron chi connectivity index (χ0n) is 14.2. The van der Waals surface area contributed by atoms with Crippen molar-refractivity contribution in [3.8, 4) is 16.9 Å². The van der Waals surface area contributed by atoms with Crippen molar-refractivity contribution in [2.75, 3.05) is 12.4 Å². The molecule has 0 unspecified atom stereocenters. The molecule has 25 heavy (non-hydrogen) atoms. The van der Waals surface area contributed by atoms with Crippen LogP contribution in [0.2, 0.25) is 0 Å². The van der Waals surface area contributed by atoms with Gasteiger partial charge in [-0.3, -0.25) is 0 Å². The molecule has 1 saturated carbocycles. The number of fused-ring (bicyclic) bond motifs is 1. The van der Waals surface area contributed by atoms with Gasteiger partial charge in [0.2, 0.25) is 0 Å². The Bertz CT molecular complexity index is 851. The molecule has 130 valence electrons. The first-order valence-corrected chi connectivity index (χ1v) is 8.66. The number of benzene rings is 1. The van der Waals surface area contributed by atoms with Crippen molar-refractivity contribution in [3.05, 3.63) is 42.7 Å². The highest BCUT2D eigenvalue weighted by Gasteiger charge is 2.19. The van der Waals surface area contributed by atoms with Crippen molar-refractivity contribution in [1.29, 1.82) is 0 Å². The quantitative estimate of drug-likeness (QED) is 0.765. The van der Waals surface area contributed by atoms with E-state index in [-0.39, 0.29) is 6.10 Å². The molecule has 0 aliphatic heterocycles. The fraction of sp³-hybridized carbons (Fsp3) is 0.368. The number of nitrogens with zero attached hydrogens (tertiary/aromatic N) is 3. The topological polar surface area (TPSA) is 71.7 Å². The summed E-state index contributed by atoms with van der Waals surface area (Å²) in [7, 11) is 1.66. The van der Waals surface area contributed by atoms with Gasteiger partial charge < -0.3 is 15.2 Å². The van der Waals surface area contributed by atoms with E-state index in [0.717, 1.165) is 54.0 Å². The molecule has 1 aromatic carbocycles. The maximum atomic E-state index is 9.64. The number of aliphatic hydroxyl groups is 1. The van der Waals surface area contributed by atoms with Gasteiger partial charge in [0, 0.05) is 17.8 Å². The van der Waals surface area contributed by atoms with Crippen LogP contribution in [-0.4, -0.2) is 39.0 Å². The average Bonchev–Trinajstić information content (AvgIpc) is 3.07. The highest BCUT2D eigenvalue weighted by molar-refractivity contribution is 5.77. The summed E-state index contributed by atoms with van der Waals surface area (Å²) < 4.78 is 7.01. The van der Waals surface area contributed by atoms with Crippen molar-refractivity contribution in [2.24, 2.45) is 0 Å². The molecule has 2 heterocycles. The Morgan fingerprint density at radius 2 is 1.88 bits per heavy atom. The standard InChI is InChI=1S/C19H22N4O2/c1-25-16-8-2-13(3-9-16)17-12-20-23-11-10-18(22-19(17)23)21-14-4-6-15(24)7-5-14/h2-3,8-12,14-15,24H,4-7H2,1H3,(H,21,22). The lowest BCUT2D eigenvalue weighted by Crippen LogP contribution is -2.28. The van der Waals surface area contributed by atoms with Crippen LogP contribution in [0.1, 0.15) is 25.7 Å². The van der Waals surface area contributed by atoms with E-state index in [0.29, 0.717) is 6.04 Å². The molecule has 0 radical (unpaired) electrons. The van der Waals surface area contributed by atoms with Gasteiger partial charge >= 0.3 is 0 Å². The van der Waals surface area contributed by atoms with Gasteiger partial charge in [-0.25, -0.2) is 9.50 Å². The van der Waals surface area contributed by atoms with Crippen molar-refractivity contribution < 1.29 is 9.84 Å².